The number of methoxy groups -OCH3 is 2. The zero-order valence-corrected chi connectivity index (χ0v) is 14.9. The minimum Gasteiger partial charge on any atom is -0.622 e. The molecule has 1 aliphatic rings. The Labute approximate surface area is 145 Å². The molecule has 1 aliphatic heterocycles. The molecule has 0 aliphatic carbocycles. The minimum atomic E-state index is -0.0469. The third kappa shape index (κ3) is 2.98. The molecule has 0 saturated carbocycles. The van der Waals surface area contributed by atoms with Crippen molar-refractivity contribution in [2.24, 2.45) is 4.99 Å². The standard InChI is InChI=1S/C17H19N3O3S/c1-10-8-18-14(11(2)16(10)23-4)9-24-17-19-13-7-12(22-3)5-6-15(13)20(17)21/h5-8,20H,9H2,1-4H3. The fourth-order valence-electron chi connectivity index (χ4n) is 2.65. The van der Waals surface area contributed by atoms with Gasteiger partial charge < -0.3 is 14.7 Å². The molecule has 0 spiro atoms. The van der Waals surface area contributed by atoms with Gasteiger partial charge in [0.15, 0.2) is 5.69 Å². The van der Waals surface area contributed by atoms with E-state index in [-0.39, 0.29) is 5.06 Å². The average Bonchev–Trinajstić information content (AvgIpc) is 2.90. The van der Waals surface area contributed by atoms with Gasteiger partial charge in [-0.1, -0.05) is 0 Å². The molecule has 1 unspecified atom stereocenters. The predicted molar refractivity (Wildman–Crippen MR) is 95.6 cm³/mol. The summed E-state index contributed by atoms with van der Waals surface area (Å²) in [4.78, 5) is 8.90. The van der Waals surface area contributed by atoms with Gasteiger partial charge in [0.05, 0.1) is 19.9 Å². The maximum absolute atomic E-state index is 12.4. The summed E-state index contributed by atoms with van der Waals surface area (Å²) in [7, 11) is 3.25. The Morgan fingerprint density at radius 2 is 2.00 bits per heavy atom. The van der Waals surface area contributed by atoms with Crippen LogP contribution >= 0.6 is 11.8 Å². The van der Waals surface area contributed by atoms with Crippen molar-refractivity contribution < 1.29 is 14.5 Å². The number of benzene rings is 1. The monoisotopic (exact) mass is 345 g/mol. The first-order chi connectivity index (χ1) is 11.5. The first-order valence-corrected chi connectivity index (χ1v) is 8.47. The van der Waals surface area contributed by atoms with Crippen molar-refractivity contribution in [1.82, 2.24) is 4.98 Å². The molecule has 1 N–H and O–H groups in total. The smallest absolute Gasteiger partial charge is 0.268 e. The maximum Gasteiger partial charge on any atom is 0.268 e. The summed E-state index contributed by atoms with van der Waals surface area (Å²) in [6.45, 7) is 3.94. The summed E-state index contributed by atoms with van der Waals surface area (Å²) in [6.07, 6.45) is 1.79. The molecule has 3 rings (SSSR count). The second-order valence-electron chi connectivity index (χ2n) is 5.46. The molecule has 0 amide bonds. The third-order valence-electron chi connectivity index (χ3n) is 3.96. The molecule has 0 saturated heterocycles. The Morgan fingerprint density at radius 1 is 1.21 bits per heavy atom. The van der Waals surface area contributed by atoms with Gasteiger partial charge in [0.25, 0.3) is 5.17 Å². The van der Waals surface area contributed by atoms with Gasteiger partial charge in [0.2, 0.25) is 0 Å². The van der Waals surface area contributed by atoms with Gasteiger partial charge in [-0.15, -0.1) is 0 Å². The van der Waals surface area contributed by atoms with E-state index < -0.39 is 0 Å². The van der Waals surface area contributed by atoms with Gasteiger partial charge in [0, 0.05) is 35.2 Å². The van der Waals surface area contributed by atoms with Crippen molar-refractivity contribution in [3.63, 3.8) is 0 Å². The maximum atomic E-state index is 12.4. The van der Waals surface area contributed by atoms with Crippen molar-refractivity contribution in [3.05, 3.63) is 46.4 Å². The van der Waals surface area contributed by atoms with Gasteiger partial charge in [-0.05, 0) is 31.7 Å². The topological polar surface area (TPSA) is 71.2 Å². The van der Waals surface area contributed by atoms with Crippen LogP contribution < -0.4 is 14.5 Å². The van der Waals surface area contributed by atoms with Gasteiger partial charge in [0.1, 0.15) is 17.2 Å². The van der Waals surface area contributed by atoms with E-state index in [0.29, 0.717) is 28.0 Å². The van der Waals surface area contributed by atoms with Crippen LogP contribution in [0, 0.1) is 19.1 Å². The van der Waals surface area contributed by atoms with E-state index in [1.807, 2.05) is 13.8 Å². The van der Waals surface area contributed by atoms with E-state index in [1.165, 1.54) is 11.8 Å². The third-order valence-corrected chi connectivity index (χ3v) is 4.93. The van der Waals surface area contributed by atoms with Crippen molar-refractivity contribution in [1.29, 1.82) is 0 Å². The highest BCUT2D eigenvalue weighted by molar-refractivity contribution is 8.12. The van der Waals surface area contributed by atoms with Gasteiger partial charge >= 0.3 is 0 Å². The largest absolute Gasteiger partial charge is 0.622 e. The molecule has 0 fully saturated rings. The van der Waals surface area contributed by atoms with Crippen LogP contribution in [-0.2, 0) is 5.75 Å². The van der Waals surface area contributed by atoms with Crippen LogP contribution in [0.4, 0.5) is 11.4 Å². The number of quaternary nitrogens is 1. The minimum absolute atomic E-state index is 0.0469. The number of hydrogen-bond donors (Lipinski definition) is 1. The van der Waals surface area contributed by atoms with E-state index in [9.17, 15) is 5.21 Å². The highest BCUT2D eigenvalue weighted by Crippen LogP contribution is 2.33. The quantitative estimate of drug-likeness (QED) is 0.863. The second-order valence-corrected chi connectivity index (χ2v) is 6.43. The molecule has 2 aromatic rings. The number of rotatable bonds is 4. The molecule has 2 heterocycles. The number of hydroxylamine groups is 1. The van der Waals surface area contributed by atoms with Gasteiger partial charge in [-0.2, -0.15) is 4.99 Å². The van der Waals surface area contributed by atoms with Crippen LogP contribution in [-0.4, -0.2) is 24.4 Å². The summed E-state index contributed by atoms with van der Waals surface area (Å²) >= 11 is 1.40. The van der Waals surface area contributed by atoms with E-state index in [2.05, 4.69) is 9.98 Å². The highest BCUT2D eigenvalue weighted by atomic mass is 32.2. The lowest BCUT2D eigenvalue weighted by Crippen LogP contribution is -3.03. The van der Waals surface area contributed by atoms with Crippen LogP contribution in [0.5, 0.6) is 11.5 Å². The van der Waals surface area contributed by atoms with Crippen LogP contribution in [0.15, 0.2) is 29.4 Å². The first kappa shape index (κ1) is 16.8. The van der Waals surface area contributed by atoms with Crippen molar-refractivity contribution in [3.8, 4) is 11.5 Å². The highest BCUT2D eigenvalue weighted by Gasteiger charge is 2.25. The van der Waals surface area contributed by atoms with Crippen molar-refractivity contribution >= 4 is 28.3 Å². The first-order valence-electron chi connectivity index (χ1n) is 7.48. The summed E-state index contributed by atoms with van der Waals surface area (Å²) in [5.41, 5.74) is 4.16. The number of pyridine rings is 1. The van der Waals surface area contributed by atoms with E-state index in [1.54, 1.807) is 38.6 Å². The summed E-state index contributed by atoms with van der Waals surface area (Å²) in [6, 6.07) is 5.31. The van der Waals surface area contributed by atoms with Crippen molar-refractivity contribution in [2.45, 2.75) is 19.6 Å². The zero-order chi connectivity index (χ0) is 17.3. The molecule has 0 bridgehead atoms. The number of nitrogens with one attached hydrogen (secondary N) is 1. The molecule has 6 nitrogen and oxygen atoms in total. The lowest BCUT2D eigenvalue weighted by Gasteiger charge is -2.17. The van der Waals surface area contributed by atoms with Crippen LogP contribution in [0.3, 0.4) is 0 Å². The molecule has 0 radical (unpaired) electrons. The Kier molecular flexibility index (Phi) is 4.75. The molecule has 1 aromatic carbocycles. The fraction of sp³-hybridized carbons (Fsp3) is 0.294. The summed E-state index contributed by atoms with van der Waals surface area (Å²) in [5, 5.41) is 12.9. The molecule has 1 aromatic heterocycles. The zero-order valence-electron chi connectivity index (χ0n) is 14.0. The van der Waals surface area contributed by atoms with E-state index in [4.69, 9.17) is 9.47 Å². The Balaban J connectivity index is 1.78. The number of aliphatic imine (C=N–C) groups is 1. The lowest BCUT2D eigenvalue weighted by molar-refractivity contribution is -0.658. The van der Waals surface area contributed by atoms with Crippen LogP contribution in [0.2, 0.25) is 0 Å². The molecule has 1 atom stereocenters. The molecular formula is C17H19N3O3S. The number of amidine groups is 1. The molecule has 126 valence electrons. The fourth-order valence-corrected chi connectivity index (χ4v) is 3.62. The number of thioether (sulfide) groups is 1. The number of fused-ring (bicyclic) bond motifs is 1. The summed E-state index contributed by atoms with van der Waals surface area (Å²) < 4.78 is 10.6. The lowest BCUT2D eigenvalue weighted by atomic mass is 10.1. The molecule has 7 heteroatoms. The Bertz CT molecular complexity index is 808. The van der Waals surface area contributed by atoms with Gasteiger partial charge in [-0.3, -0.25) is 10.0 Å². The van der Waals surface area contributed by atoms with Crippen LogP contribution in [0.25, 0.3) is 0 Å². The van der Waals surface area contributed by atoms with Crippen molar-refractivity contribution in [2.75, 3.05) is 14.2 Å². The second kappa shape index (κ2) is 6.80. The molecule has 24 heavy (non-hydrogen) atoms. The number of hydrogen-bond acceptors (Lipinski definition) is 6. The molecular weight excluding hydrogens is 326 g/mol. The number of ether oxygens (including phenoxy) is 2. The number of aryl methyl sites for hydroxylation is 1. The van der Waals surface area contributed by atoms with Crippen LogP contribution in [0.1, 0.15) is 16.8 Å². The normalized spacial score (nSPS) is 15.9. The average molecular weight is 345 g/mol. The predicted octanol–water partition coefficient (Wildman–Crippen LogP) is 2.66. The summed E-state index contributed by atoms with van der Waals surface area (Å²) in [5.74, 6) is 2.10. The van der Waals surface area contributed by atoms with E-state index >= 15 is 0 Å². The Hall–Kier alpha value is -2.09. The number of aromatic nitrogens is 1. The Morgan fingerprint density at radius 3 is 2.71 bits per heavy atom. The van der Waals surface area contributed by atoms with Gasteiger partial charge in [-0.25, -0.2) is 0 Å². The van der Waals surface area contributed by atoms with E-state index in [0.717, 1.165) is 22.6 Å². The SMILES string of the molecule is COc1ccc2c(c1)N=C(SCc1ncc(C)c(OC)c1C)[NH+]2[O-]. The number of nitrogens with zero attached hydrogens (tertiary/aromatic N) is 2.